The van der Waals surface area contributed by atoms with Crippen LogP contribution in [0.2, 0.25) is 0 Å². The molecule has 1 aromatic carbocycles. The molecule has 1 fully saturated rings. The highest BCUT2D eigenvalue weighted by molar-refractivity contribution is 5.85. The van der Waals surface area contributed by atoms with Crippen molar-refractivity contribution in [3.05, 3.63) is 35.4 Å². The van der Waals surface area contributed by atoms with Crippen LogP contribution in [0.3, 0.4) is 0 Å². The molecule has 3 N–H and O–H groups in total. The summed E-state index contributed by atoms with van der Waals surface area (Å²) in [5, 5.41) is 2.89. The molecule has 0 radical (unpaired) electrons. The van der Waals surface area contributed by atoms with Crippen molar-refractivity contribution in [2.24, 2.45) is 5.73 Å². The number of hydrogen-bond donors (Lipinski definition) is 2. The van der Waals surface area contributed by atoms with E-state index in [0.717, 1.165) is 24.1 Å². The first-order valence-corrected chi connectivity index (χ1v) is 7.51. The largest absolute Gasteiger partial charge is 0.352 e. The van der Waals surface area contributed by atoms with Gasteiger partial charge in [0, 0.05) is 32.5 Å². The molecule has 0 aliphatic carbocycles. The number of rotatable bonds is 7. The summed E-state index contributed by atoms with van der Waals surface area (Å²) in [4.78, 5) is 25.1. The minimum Gasteiger partial charge on any atom is -0.352 e. The predicted molar refractivity (Wildman–Crippen MR) is 88.5 cm³/mol. The summed E-state index contributed by atoms with van der Waals surface area (Å²) in [5.74, 6) is 0.260. The first kappa shape index (κ1) is 18.5. The van der Waals surface area contributed by atoms with Gasteiger partial charge in [-0.15, -0.1) is 12.4 Å². The summed E-state index contributed by atoms with van der Waals surface area (Å²) >= 11 is 0. The minimum atomic E-state index is 0. The fourth-order valence-corrected chi connectivity index (χ4v) is 2.48. The molecule has 0 bridgehead atoms. The van der Waals surface area contributed by atoms with E-state index in [-0.39, 0.29) is 24.2 Å². The van der Waals surface area contributed by atoms with E-state index in [4.69, 9.17) is 5.73 Å². The van der Waals surface area contributed by atoms with Crippen LogP contribution < -0.4 is 11.1 Å². The van der Waals surface area contributed by atoms with Crippen molar-refractivity contribution in [2.75, 3.05) is 13.1 Å². The van der Waals surface area contributed by atoms with Crippen LogP contribution in [0.5, 0.6) is 0 Å². The van der Waals surface area contributed by atoms with Gasteiger partial charge in [0.05, 0.1) is 0 Å². The molecule has 0 unspecified atom stereocenters. The number of nitrogens with one attached hydrogen (secondary N) is 1. The fraction of sp³-hybridized carbons (Fsp3) is 0.500. The number of benzene rings is 1. The van der Waals surface area contributed by atoms with E-state index >= 15 is 0 Å². The van der Waals surface area contributed by atoms with Crippen LogP contribution >= 0.6 is 12.4 Å². The molecule has 6 heteroatoms. The Morgan fingerprint density at radius 1 is 1.32 bits per heavy atom. The molecule has 1 aliphatic heterocycles. The number of carbonyl (C=O) groups is 2. The molecule has 1 saturated heterocycles. The maximum atomic E-state index is 11.6. The third-order valence-corrected chi connectivity index (χ3v) is 3.63. The second-order valence-electron chi connectivity index (χ2n) is 5.41. The molecule has 0 spiro atoms. The zero-order valence-electron chi connectivity index (χ0n) is 12.7. The van der Waals surface area contributed by atoms with Crippen LogP contribution in [0.4, 0.5) is 0 Å². The molecule has 1 aromatic rings. The smallest absolute Gasteiger partial charge is 0.222 e. The highest BCUT2D eigenvalue weighted by Gasteiger charge is 2.19. The van der Waals surface area contributed by atoms with Gasteiger partial charge in [-0.2, -0.15) is 0 Å². The minimum absolute atomic E-state index is 0. The van der Waals surface area contributed by atoms with Gasteiger partial charge in [-0.25, -0.2) is 0 Å². The SMILES string of the molecule is Cl.NCCCC(=O)NCc1cccc(CN2CCCC2=O)c1. The average molecular weight is 326 g/mol. The number of nitrogens with zero attached hydrogens (tertiary/aromatic N) is 1. The van der Waals surface area contributed by atoms with Gasteiger partial charge in [-0.05, 0) is 30.5 Å². The Hall–Kier alpha value is -1.59. The van der Waals surface area contributed by atoms with Gasteiger partial charge in [-0.3, -0.25) is 9.59 Å². The highest BCUT2D eigenvalue weighted by Crippen LogP contribution is 2.15. The second-order valence-corrected chi connectivity index (χ2v) is 5.41. The van der Waals surface area contributed by atoms with Gasteiger partial charge in [0.2, 0.25) is 11.8 Å². The zero-order valence-corrected chi connectivity index (χ0v) is 13.5. The first-order chi connectivity index (χ1) is 10.2. The van der Waals surface area contributed by atoms with Crippen LogP contribution in [-0.2, 0) is 22.7 Å². The molecule has 5 nitrogen and oxygen atoms in total. The monoisotopic (exact) mass is 325 g/mol. The van der Waals surface area contributed by atoms with Crippen molar-refractivity contribution >= 4 is 24.2 Å². The molecule has 2 rings (SSSR count). The van der Waals surface area contributed by atoms with Crippen molar-refractivity contribution in [3.8, 4) is 0 Å². The van der Waals surface area contributed by atoms with E-state index < -0.39 is 0 Å². The van der Waals surface area contributed by atoms with Gasteiger partial charge >= 0.3 is 0 Å². The summed E-state index contributed by atoms with van der Waals surface area (Å²) in [5.41, 5.74) is 7.55. The second kappa shape index (κ2) is 9.43. The van der Waals surface area contributed by atoms with Crippen LogP contribution in [0.1, 0.15) is 36.8 Å². The summed E-state index contributed by atoms with van der Waals surface area (Å²) in [6, 6.07) is 8.02. The van der Waals surface area contributed by atoms with Crippen LogP contribution in [-0.4, -0.2) is 29.8 Å². The van der Waals surface area contributed by atoms with Crippen LogP contribution in [0.25, 0.3) is 0 Å². The Balaban J connectivity index is 0.00000242. The Bertz CT molecular complexity index is 508. The third-order valence-electron chi connectivity index (χ3n) is 3.63. The lowest BCUT2D eigenvalue weighted by molar-refractivity contribution is -0.128. The van der Waals surface area contributed by atoms with Crippen LogP contribution in [0, 0.1) is 0 Å². The number of likely N-dealkylation sites (tertiary alicyclic amines) is 1. The number of carbonyl (C=O) groups excluding carboxylic acids is 2. The number of halogens is 1. The number of nitrogens with two attached hydrogens (primary N) is 1. The maximum absolute atomic E-state index is 11.6. The quantitative estimate of drug-likeness (QED) is 0.799. The maximum Gasteiger partial charge on any atom is 0.222 e. The van der Waals surface area contributed by atoms with E-state index in [0.29, 0.717) is 38.9 Å². The lowest BCUT2D eigenvalue weighted by atomic mass is 10.1. The number of amides is 2. The van der Waals surface area contributed by atoms with Gasteiger partial charge in [0.1, 0.15) is 0 Å². The number of hydrogen-bond acceptors (Lipinski definition) is 3. The lowest BCUT2D eigenvalue weighted by Gasteiger charge is -2.16. The molecule has 0 aromatic heterocycles. The molecule has 22 heavy (non-hydrogen) atoms. The summed E-state index contributed by atoms with van der Waals surface area (Å²) in [6.45, 7) is 2.56. The lowest BCUT2D eigenvalue weighted by Crippen LogP contribution is -2.24. The van der Waals surface area contributed by atoms with Crippen molar-refractivity contribution in [1.29, 1.82) is 0 Å². The van der Waals surface area contributed by atoms with E-state index in [1.807, 2.05) is 23.1 Å². The molecule has 0 atom stereocenters. The summed E-state index contributed by atoms with van der Waals surface area (Å²) in [6.07, 6.45) is 2.80. The molecule has 122 valence electrons. The summed E-state index contributed by atoms with van der Waals surface area (Å²) < 4.78 is 0. The van der Waals surface area contributed by atoms with Gasteiger partial charge in [0.25, 0.3) is 0 Å². The normalized spacial score (nSPS) is 13.9. The molecule has 2 amide bonds. The molecule has 1 heterocycles. The van der Waals surface area contributed by atoms with Crippen LogP contribution in [0.15, 0.2) is 24.3 Å². The fourth-order valence-electron chi connectivity index (χ4n) is 2.48. The molecule has 0 saturated carbocycles. The Morgan fingerprint density at radius 3 is 2.77 bits per heavy atom. The van der Waals surface area contributed by atoms with Gasteiger partial charge < -0.3 is 16.0 Å². The van der Waals surface area contributed by atoms with Gasteiger partial charge in [0.15, 0.2) is 0 Å². The molecule has 1 aliphatic rings. The van der Waals surface area contributed by atoms with E-state index in [1.54, 1.807) is 0 Å². The first-order valence-electron chi connectivity index (χ1n) is 7.51. The predicted octanol–water partition coefficient (Wildman–Crippen LogP) is 1.59. The Labute approximate surface area is 137 Å². The highest BCUT2D eigenvalue weighted by atomic mass is 35.5. The van der Waals surface area contributed by atoms with Crippen molar-refractivity contribution in [1.82, 2.24) is 10.2 Å². The van der Waals surface area contributed by atoms with Crippen molar-refractivity contribution in [2.45, 2.75) is 38.8 Å². The third kappa shape index (κ3) is 5.66. The summed E-state index contributed by atoms with van der Waals surface area (Å²) in [7, 11) is 0. The van der Waals surface area contributed by atoms with E-state index in [1.165, 1.54) is 0 Å². The molecular weight excluding hydrogens is 302 g/mol. The van der Waals surface area contributed by atoms with Crippen molar-refractivity contribution < 1.29 is 9.59 Å². The zero-order chi connectivity index (χ0) is 15.1. The Kier molecular flexibility index (Phi) is 7.91. The Morgan fingerprint density at radius 2 is 2.09 bits per heavy atom. The van der Waals surface area contributed by atoms with Crippen molar-refractivity contribution in [3.63, 3.8) is 0 Å². The molecular formula is C16H24ClN3O2. The topological polar surface area (TPSA) is 75.4 Å². The standard InChI is InChI=1S/C16H23N3O2.ClH/c17-8-2-6-15(20)18-11-13-4-1-5-14(10-13)12-19-9-3-7-16(19)21;/h1,4-5,10H,2-3,6-9,11-12,17H2,(H,18,20);1H. The van der Waals surface area contributed by atoms with E-state index in [9.17, 15) is 9.59 Å². The van der Waals surface area contributed by atoms with E-state index in [2.05, 4.69) is 11.4 Å². The average Bonchev–Trinajstić information content (AvgIpc) is 2.88. The van der Waals surface area contributed by atoms with Gasteiger partial charge in [-0.1, -0.05) is 24.3 Å².